The maximum atomic E-state index is 12.7. The molecular formula is C10H5ClFNO2. The lowest BCUT2D eigenvalue weighted by atomic mass is 10.1. The van der Waals surface area contributed by atoms with Gasteiger partial charge in [-0.05, 0) is 23.8 Å². The van der Waals surface area contributed by atoms with E-state index in [-0.39, 0.29) is 5.02 Å². The number of carboxylic acid groups (broad SMARTS) is 1. The molecule has 0 atom stereocenters. The second-order valence-corrected chi connectivity index (χ2v) is 3.06. The summed E-state index contributed by atoms with van der Waals surface area (Å²) < 4.78 is 12.7. The molecule has 76 valence electrons. The smallest absolute Gasteiger partial charge is 0.346 e. The molecule has 1 aromatic carbocycles. The normalized spacial score (nSPS) is 10.9. The molecule has 0 saturated carbocycles. The molecule has 0 heterocycles. The standard InChI is InChI=1S/C10H5ClFNO2/c11-8-4-6(1-2-9(8)12)3-7(5-13)10(14)15/h1-4H,(H,14,15)/b7-3+. The third kappa shape index (κ3) is 2.79. The summed E-state index contributed by atoms with van der Waals surface area (Å²) in [5, 5.41) is 16.9. The number of benzene rings is 1. The van der Waals surface area contributed by atoms with E-state index >= 15 is 0 Å². The summed E-state index contributed by atoms with van der Waals surface area (Å²) in [6.07, 6.45) is 1.12. The van der Waals surface area contributed by atoms with E-state index in [0.29, 0.717) is 5.56 Å². The molecule has 15 heavy (non-hydrogen) atoms. The van der Waals surface area contributed by atoms with Crippen molar-refractivity contribution in [2.75, 3.05) is 0 Å². The van der Waals surface area contributed by atoms with E-state index in [2.05, 4.69) is 0 Å². The van der Waals surface area contributed by atoms with Crippen LogP contribution < -0.4 is 0 Å². The predicted octanol–water partition coefficient (Wildman–Crippen LogP) is 2.47. The Bertz CT molecular complexity index is 477. The molecular weight excluding hydrogens is 221 g/mol. The van der Waals surface area contributed by atoms with Crippen LogP contribution in [0.2, 0.25) is 5.02 Å². The molecule has 0 unspecified atom stereocenters. The average molecular weight is 226 g/mol. The molecule has 0 saturated heterocycles. The van der Waals surface area contributed by atoms with Gasteiger partial charge in [0.1, 0.15) is 17.5 Å². The molecule has 1 aromatic rings. The Morgan fingerprint density at radius 3 is 2.73 bits per heavy atom. The van der Waals surface area contributed by atoms with Gasteiger partial charge in [0.05, 0.1) is 5.02 Å². The molecule has 0 radical (unpaired) electrons. The summed E-state index contributed by atoms with van der Waals surface area (Å²) in [4.78, 5) is 10.5. The number of carbonyl (C=O) groups is 1. The lowest BCUT2D eigenvalue weighted by Gasteiger charge is -1.96. The maximum absolute atomic E-state index is 12.7. The van der Waals surface area contributed by atoms with Crippen LogP contribution >= 0.6 is 11.6 Å². The first-order valence-corrected chi connectivity index (χ1v) is 4.22. The van der Waals surface area contributed by atoms with Gasteiger partial charge in [0, 0.05) is 0 Å². The quantitative estimate of drug-likeness (QED) is 0.621. The van der Waals surface area contributed by atoms with Crippen LogP contribution in [0.15, 0.2) is 23.8 Å². The van der Waals surface area contributed by atoms with Gasteiger partial charge in [-0.15, -0.1) is 0 Å². The van der Waals surface area contributed by atoms with E-state index in [1.54, 1.807) is 0 Å². The molecule has 0 aromatic heterocycles. The van der Waals surface area contributed by atoms with Crippen LogP contribution in [0.3, 0.4) is 0 Å². The Morgan fingerprint density at radius 2 is 2.27 bits per heavy atom. The zero-order valence-corrected chi connectivity index (χ0v) is 8.12. The highest BCUT2D eigenvalue weighted by molar-refractivity contribution is 6.30. The van der Waals surface area contributed by atoms with Crippen molar-refractivity contribution in [1.29, 1.82) is 5.26 Å². The Labute approximate surface area is 90.0 Å². The zero-order chi connectivity index (χ0) is 11.4. The van der Waals surface area contributed by atoms with Crippen molar-refractivity contribution in [3.63, 3.8) is 0 Å². The molecule has 0 fully saturated rings. The topological polar surface area (TPSA) is 61.1 Å². The van der Waals surface area contributed by atoms with Crippen LogP contribution in [0.5, 0.6) is 0 Å². The molecule has 1 rings (SSSR count). The van der Waals surface area contributed by atoms with Gasteiger partial charge in [-0.2, -0.15) is 5.26 Å². The van der Waals surface area contributed by atoms with Crippen LogP contribution in [0, 0.1) is 17.1 Å². The van der Waals surface area contributed by atoms with Gasteiger partial charge in [0.25, 0.3) is 0 Å². The molecule has 0 aliphatic heterocycles. The zero-order valence-electron chi connectivity index (χ0n) is 7.37. The average Bonchev–Trinajstić information content (AvgIpc) is 2.19. The maximum Gasteiger partial charge on any atom is 0.346 e. The van der Waals surface area contributed by atoms with Gasteiger partial charge in [0.15, 0.2) is 0 Å². The van der Waals surface area contributed by atoms with E-state index in [9.17, 15) is 9.18 Å². The first kappa shape index (κ1) is 11.2. The van der Waals surface area contributed by atoms with Gasteiger partial charge in [-0.3, -0.25) is 0 Å². The largest absolute Gasteiger partial charge is 0.477 e. The Morgan fingerprint density at radius 1 is 1.60 bits per heavy atom. The number of nitriles is 1. The molecule has 0 spiro atoms. The Balaban J connectivity index is 3.14. The van der Waals surface area contributed by atoms with Gasteiger partial charge < -0.3 is 5.11 Å². The van der Waals surface area contributed by atoms with E-state index in [1.807, 2.05) is 0 Å². The third-order valence-corrected chi connectivity index (χ3v) is 1.90. The SMILES string of the molecule is N#C/C(=C\c1ccc(F)c(Cl)c1)C(=O)O. The number of hydrogen-bond acceptors (Lipinski definition) is 2. The monoisotopic (exact) mass is 225 g/mol. The van der Waals surface area contributed by atoms with Crippen molar-refractivity contribution in [2.24, 2.45) is 0 Å². The Hall–Kier alpha value is -1.86. The summed E-state index contributed by atoms with van der Waals surface area (Å²) in [6.45, 7) is 0. The van der Waals surface area contributed by atoms with E-state index in [4.69, 9.17) is 22.0 Å². The van der Waals surface area contributed by atoms with Crippen molar-refractivity contribution in [3.05, 3.63) is 40.2 Å². The van der Waals surface area contributed by atoms with Crippen LogP contribution in [0.25, 0.3) is 6.08 Å². The van der Waals surface area contributed by atoms with Crippen LogP contribution in [0.1, 0.15) is 5.56 Å². The predicted molar refractivity (Wildman–Crippen MR) is 52.6 cm³/mol. The summed E-state index contributed by atoms with van der Waals surface area (Å²) in [5.41, 5.74) is -0.0713. The number of nitrogens with zero attached hydrogens (tertiary/aromatic N) is 1. The summed E-state index contributed by atoms with van der Waals surface area (Å²) in [7, 11) is 0. The summed E-state index contributed by atoms with van der Waals surface area (Å²) in [6, 6.07) is 5.19. The minimum absolute atomic E-state index is 0.119. The highest BCUT2D eigenvalue weighted by atomic mass is 35.5. The highest BCUT2D eigenvalue weighted by Gasteiger charge is 2.06. The van der Waals surface area contributed by atoms with Crippen molar-refractivity contribution < 1.29 is 14.3 Å². The third-order valence-electron chi connectivity index (χ3n) is 1.61. The van der Waals surface area contributed by atoms with Crippen molar-refractivity contribution in [2.45, 2.75) is 0 Å². The molecule has 1 N–H and O–H groups in total. The fourth-order valence-corrected chi connectivity index (χ4v) is 1.10. The summed E-state index contributed by atoms with van der Waals surface area (Å²) in [5.74, 6) is -1.93. The number of rotatable bonds is 2. The van der Waals surface area contributed by atoms with Crippen molar-refractivity contribution in [3.8, 4) is 6.07 Å². The number of carboxylic acids is 1. The number of halogens is 2. The highest BCUT2D eigenvalue weighted by Crippen LogP contribution is 2.17. The molecule has 0 amide bonds. The van der Waals surface area contributed by atoms with Crippen LogP contribution in [0.4, 0.5) is 4.39 Å². The second-order valence-electron chi connectivity index (χ2n) is 2.65. The van der Waals surface area contributed by atoms with Gasteiger partial charge in [-0.1, -0.05) is 17.7 Å². The van der Waals surface area contributed by atoms with E-state index < -0.39 is 17.4 Å². The van der Waals surface area contributed by atoms with Crippen molar-refractivity contribution in [1.82, 2.24) is 0 Å². The molecule has 0 bridgehead atoms. The molecule has 3 nitrogen and oxygen atoms in total. The second kappa shape index (κ2) is 4.58. The van der Waals surface area contributed by atoms with Crippen molar-refractivity contribution >= 4 is 23.6 Å². The van der Waals surface area contributed by atoms with Crippen LogP contribution in [-0.4, -0.2) is 11.1 Å². The fourth-order valence-electron chi connectivity index (χ4n) is 0.911. The summed E-state index contributed by atoms with van der Waals surface area (Å²) >= 11 is 5.49. The molecule has 0 aliphatic rings. The van der Waals surface area contributed by atoms with E-state index in [1.165, 1.54) is 18.2 Å². The Kier molecular flexibility index (Phi) is 3.42. The number of aliphatic carboxylic acids is 1. The van der Waals surface area contributed by atoms with Crippen LogP contribution in [-0.2, 0) is 4.79 Å². The van der Waals surface area contributed by atoms with Gasteiger partial charge in [-0.25, -0.2) is 9.18 Å². The van der Waals surface area contributed by atoms with Gasteiger partial charge >= 0.3 is 5.97 Å². The number of hydrogen-bond donors (Lipinski definition) is 1. The minimum Gasteiger partial charge on any atom is -0.477 e. The first-order chi connectivity index (χ1) is 7.04. The lowest BCUT2D eigenvalue weighted by Crippen LogP contribution is -1.97. The molecule has 5 heteroatoms. The minimum atomic E-state index is -1.34. The van der Waals surface area contributed by atoms with E-state index in [0.717, 1.165) is 12.1 Å². The lowest BCUT2D eigenvalue weighted by molar-refractivity contribution is -0.132. The molecule has 0 aliphatic carbocycles. The van der Waals surface area contributed by atoms with Gasteiger partial charge in [0.2, 0.25) is 0 Å². The fraction of sp³-hybridized carbons (Fsp3) is 0. The first-order valence-electron chi connectivity index (χ1n) is 3.84.